The summed E-state index contributed by atoms with van der Waals surface area (Å²) in [6, 6.07) is 6.54. The van der Waals surface area contributed by atoms with Crippen LogP contribution in [0, 0.1) is 0 Å². The molecule has 196 valence electrons. The molecule has 0 aliphatic carbocycles. The smallest absolute Gasteiger partial charge is 0.462 e. The average Bonchev–Trinajstić information content (AvgIpc) is 3.16. The number of aromatic nitrogens is 2. The maximum absolute atomic E-state index is 13.9. The third kappa shape index (κ3) is 5.47. The molecule has 1 heterocycles. The van der Waals surface area contributed by atoms with Gasteiger partial charge in [0.1, 0.15) is 11.9 Å². The van der Waals surface area contributed by atoms with Gasteiger partial charge in [0.25, 0.3) is 6.33 Å². The van der Waals surface area contributed by atoms with Crippen LogP contribution in [0.5, 0.6) is 5.75 Å². The first kappa shape index (κ1) is 27.0. The van der Waals surface area contributed by atoms with Gasteiger partial charge in [-0.05, 0) is 34.5 Å². The van der Waals surface area contributed by atoms with Gasteiger partial charge in [-0.2, -0.15) is 39.5 Å². The molecule has 0 fully saturated rings. The van der Waals surface area contributed by atoms with E-state index in [1.807, 2.05) is 0 Å². The molecule has 16 heteroatoms. The second kappa shape index (κ2) is 9.15. The normalized spacial score (nSPS) is 14.8. The van der Waals surface area contributed by atoms with E-state index in [9.17, 15) is 49.0 Å². The average molecular weight is 533 g/mol. The third-order valence-corrected chi connectivity index (χ3v) is 4.51. The minimum atomic E-state index is -6.97. The molecular formula is C20H13F10N3O3. The van der Waals surface area contributed by atoms with E-state index in [2.05, 4.69) is 14.6 Å². The lowest BCUT2D eigenvalue weighted by Gasteiger charge is -2.30. The molecule has 6 nitrogen and oxygen atoms in total. The highest BCUT2D eigenvalue weighted by molar-refractivity contribution is 5.96. The molecule has 0 bridgehead atoms. The van der Waals surface area contributed by atoms with Crippen LogP contribution in [-0.4, -0.2) is 41.2 Å². The number of nitrogens with zero attached hydrogens (tertiary/aromatic N) is 3. The summed E-state index contributed by atoms with van der Waals surface area (Å²) >= 11 is 0. The molecule has 1 aromatic heterocycles. The summed E-state index contributed by atoms with van der Waals surface area (Å²) in [5, 5.41) is 16.5. The van der Waals surface area contributed by atoms with E-state index >= 15 is 0 Å². The lowest BCUT2D eigenvalue weighted by Crippen LogP contribution is -2.56. The van der Waals surface area contributed by atoms with Gasteiger partial charge >= 0.3 is 30.7 Å². The van der Waals surface area contributed by atoms with Crippen LogP contribution in [0.25, 0.3) is 10.8 Å². The molecule has 0 amide bonds. The predicted octanol–water partition coefficient (Wildman–Crippen LogP) is 4.11. The molecule has 0 radical (unpaired) electrons. The summed E-state index contributed by atoms with van der Waals surface area (Å²) in [7, 11) is 1.69. The van der Waals surface area contributed by atoms with E-state index in [4.69, 9.17) is 0 Å². The number of fused-ring (bicyclic) bond motifs is 1. The van der Waals surface area contributed by atoms with Crippen molar-refractivity contribution in [1.29, 1.82) is 0 Å². The van der Waals surface area contributed by atoms with Crippen molar-refractivity contribution in [3.05, 3.63) is 60.7 Å². The molecule has 0 aliphatic rings. The van der Waals surface area contributed by atoms with Crippen molar-refractivity contribution in [2.45, 2.75) is 30.7 Å². The van der Waals surface area contributed by atoms with E-state index in [1.54, 1.807) is 17.8 Å². The molecule has 0 saturated carbocycles. The Hall–Kier alpha value is -3.56. The van der Waals surface area contributed by atoms with Crippen molar-refractivity contribution in [3.8, 4) is 5.75 Å². The van der Waals surface area contributed by atoms with Gasteiger partial charge in [0.15, 0.2) is 6.20 Å². The van der Waals surface area contributed by atoms with Crippen LogP contribution in [-0.2, 0) is 11.8 Å². The molecular weight excluding hydrogens is 520 g/mol. The number of ether oxygens (including phenoxy) is 2. The molecule has 1 atom stereocenters. The lowest BCUT2D eigenvalue weighted by molar-refractivity contribution is -0.671. The zero-order chi connectivity index (χ0) is 27.1. The first-order valence-electron chi connectivity index (χ1n) is 9.47. The molecule has 2 aromatic carbocycles. The fraction of sp³-hybridized carbons (Fsp3) is 0.300. The standard InChI is InChI=1S/C20H13F10N3O3/c1-32-6-7-33(10-32)31-15(34)13-3-2-12-9-14(5-4-11(12)8-13)35-17(22,23)16(21)36-20(29,30)18(24,25)19(26,27)28/h2-10,16H,1H3. The second-order valence-electron chi connectivity index (χ2n) is 7.27. The van der Waals surface area contributed by atoms with E-state index in [0.717, 1.165) is 18.2 Å². The molecule has 3 rings (SSSR count). The monoisotopic (exact) mass is 533 g/mol. The number of benzene rings is 2. The summed E-state index contributed by atoms with van der Waals surface area (Å²) in [6.45, 7) is 0. The summed E-state index contributed by atoms with van der Waals surface area (Å²) in [6.07, 6.45) is -19.1. The molecule has 0 N–H and O–H groups in total. The van der Waals surface area contributed by atoms with E-state index in [0.29, 0.717) is 0 Å². The van der Waals surface area contributed by atoms with Gasteiger partial charge in [-0.15, -0.1) is 4.68 Å². The van der Waals surface area contributed by atoms with Crippen molar-refractivity contribution in [1.82, 2.24) is 4.68 Å². The minimum Gasteiger partial charge on any atom is -0.856 e. The van der Waals surface area contributed by atoms with E-state index in [-0.39, 0.29) is 16.3 Å². The lowest BCUT2D eigenvalue weighted by atomic mass is 10.1. The van der Waals surface area contributed by atoms with Gasteiger partial charge in [0.2, 0.25) is 0 Å². The molecule has 1 unspecified atom stereocenters. The van der Waals surface area contributed by atoms with E-state index in [1.165, 1.54) is 35.4 Å². The maximum Gasteiger partial charge on any atom is 0.462 e. The number of imidazole rings is 1. The highest BCUT2D eigenvalue weighted by Gasteiger charge is 2.76. The largest absolute Gasteiger partial charge is 0.856 e. The number of aryl methyl sites for hydroxylation is 1. The van der Waals surface area contributed by atoms with Crippen molar-refractivity contribution in [2.24, 2.45) is 12.1 Å². The molecule has 0 aliphatic heterocycles. The fourth-order valence-corrected chi connectivity index (χ4v) is 2.72. The summed E-state index contributed by atoms with van der Waals surface area (Å²) in [5.74, 6) is -8.52. The van der Waals surface area contributed by atoms with Gasteiger partial charge in [-0.3, -0.25) is 4.74 Å². The number of hydrogen-bond donors (Lipinski definition) is 0. The van der Waals surface area contributed by atoms with E-state index < -0.39 is 42.3 Å². The van der Waals surface area contributed by atoms with Gasteiger partial charge in [-0.25, -0.2) is 8.96 Å². The van der Waals surface area contributed by atoms with Gasteiger partial charge < -0.3 is 9.84 Å². The number of hydrogen-bond acceptors (Lipinski definition) is 4. The van der Waals surface area contributed by atoms with Crippen molar-refractivity contribution in [2.75, 3.05) is 0 Å². The molecule has 3 aromatic rings. The third-order valence-electron chi connectivity index (χ3n) is 4.51. The van der Waals surface area contributed by atoms with Crippen LogP contribution in [0.4, 0.5) is 43.9 Å². The predicted molar refractivity (Wildman–Crippen MR) is 99.0 cm³/mol. The first-order valence-corrected chi connectivity index (χ1v) is 9.47. The fourth-order valence-electron chi connectivity index (χ4n) is 2.72. The Labute approximate surface area is 194 Å². The number of alkyl halides is 10. The van der Waals surface area contributed by atoms with Crippen molar-refractivity contribution in [3.63, 3.8) is 0 Å². The van der Waals surface area contributed by atoms with Crippen molar-refractivity contribution < 1.29 is 63.1 Å². The molecule has 0 saturated heterocycles. The van der Waals surface area contributed by atoms with Crippen LogP contribution < -0.4 is 14.4 Å². The zero-order valence-electron chi connectivity index (χ0n) is 17.6. The van der Waals surface area contributed by atoms with Crippen LogP contribution in [0.15, 0.2) is 60.2 Å². The van der Waals surface area contributed by atoms with Crippen LogP contribution in [0.2, 0.25) is 0 Å². The minimum absolute atomic E-state index is 0.0860. The second-order valence-corrected chi connectivity index (χ2v) is 7.27. The summed E-state index contributed by atoms with van der Waals surface area (Å²) < 4.78 is 139. The topological polar surface area (TPSA) is 62.7 Å². The maximum atomic E-state index is 13.9. The van der Waals surface area contributed by atoms with Gasteiger partial charge in [0, 0.05) is 5.90 Å². The highest BCUT2D eigenvalue weighted by Crippen LogP contribution is 2.48. The summed E-state index contributed by atoms with van der Waals surface area (Å²) in [4.78, 5) is 0. The Morgan fingerprint density at radius 3 is 2.17 bits per heavy atom. The Morgan fingerprint density at radius 1 is 0.972 bits per heavy atom. The number of rotatable bonds is 8. The van der Waals surface area contributed by atoms with Crippen LogP contribution in [0.1, 0.15) is 5.56 Å². The Morgan fingerprint density at radius 2 is 1.58 bits per heavy atom. The Kier molecular flexibility index (Phi) is 6.87. The molecule has 0 spiro atoms. The highest BCUT2D eigenvalue weighted by atomic mass is 19.4. The molecule has 36 heavy (non-hydrogen) atoms. The Bertz CT molecular complexity index is 1270. The SMILES string of the molecule is C[n+]1ccn(/N=C(\[O-])c2ccc3cc(OC(F)(F)C(F)OC(F)(F)C(F)(F)C(F)(F)F)ccc3c2)c1. The zero-order valence-corrected chi connectivity index (χ0v) is 17.6. The van der Waals surface area contributed by atoms with Gasteiger partial charge in [-0.1, -0.05) is 23.3 Å². The van der Waals surface area contributed by atoms with Gasteiger partial charge in [0.05, 0.1) is 7.05 Å². The summed E-state index contributed by atoms with van der Waals surface area (Å²) in [5.41, 5.74) is 0.0860. The number of halogens is 10. The van der Waals surface area contributed by atoms with Crippen LogP contribution in [0.3, 0.4) is 0 Å². The van der Waals surface area contributed by atoms with Crippen molar-refractivity contribution >= 4 is 16.7 Å². The quantitative estimate of drug-likeness (QED) is 0.190. The Balaban J connectivity index is 1.78. The first-order chi connectivity index (χ1) is 16.4. The van der Waals surface area contributed by atoms with Crippen LogP contribution >= 0.6 is 0 Å².